The topological polar surface area (TPSA) is 56.8 Å². The highest BCUT2D eigenvalue weighted by atomic mass is 16.7. The van der Waals surface area contributed by atoms with E-state index in [9.17, 15) is 0 Å². The molecule has 7 nitrogen and oxygen atoms in total. The number of hydrogen-bond acceptors (Lipinski definition) is 7. The van der Waals surface area contributed by atoms with Gasteiger partial charge in [-0.2, -0.15) is 0 Å². The molecule has 0 amide bonds. The molecule has 33 heavy (non-hydrogen) atoms. The number of rotatable bonds is 5. The van der Waals surface area contributed by atoms with Crippen molar-refractivity contribution >= 4 is 23.0 Å². The van der Waals surface area contributed by atoms with Gasteiger partial charge in [0.05, 0.1) is 12.6 Å². The van der Waals surface area contributed by atoms with Gasteiger partial charge in [0.15, 0.2) is 5.82 Å². The van der Waals surface area contributed by atoms with E-state index in [1.54, 1.807) is 6.33 Å². The lowest BCUT2D eigenvalue weighted by Gasteiger charge is -2.34. The van der Waals surface area contributed by atoms with Gasteiger partial charge in [-0.05, 0) is 49.7 Å². The Balaban J connectivity index is 1.19. The minimum Gasteiger partial charge on any atom is -0.369 e. The summed E-state index contributed by atoms with van der Waals surface area (Å²) in [5.74, 6) is 1.55. The Bertz CT molecular complexity index is 1090. The Kier molecular flexibility index (Phi) is 5.15. The highest BCUT2D eigenvalue weighted by Gasteiger charge is 2.58. The van der Waals surface area contributed by atoms with E-state index in [0.29, 0.717) is 0 Å². The third kappa shape index (κ3) is 4.03. The third-order valence-corrected chi connectivity index (χ3v) is 7.20. The first-order chi connectivity index (χ1) is 16.2. The van der Waals surface area contributed by atoms with Crippen molar-refractivity contribution in [3.05, 3.63) is 72.6 Å². The Morgan fingerprint density at radius 2 is 1.70 bits per heavy atom. The Morgan fingerprint density at radius 3 is 2.42 bits per heavy atom. The molecule has 1 spiro atoms. The van der Waals surface area contributed by atoms with Crippen molar-refractivity contribution in [3.8, 4) is 0 Å². The van der Waals surface area contributed by atoms with Gasteiger partial charge in [0.2, 0.25) is 0 Å². The molecular formula is C26H30N6O. The lowest BCUT2D eigenvalue weighted by atomic mass is 9.91. The molecule has 1 aromatic heterocycles. The second-order valence-electron chi connectivity index (χ2n) is 9.50. The predicted molar refractivity (Wildman–Crippen MR) is 131 cm³/mol. The van der Waals surface area contributed by atoms with Crippen molar-refractivity contribution in [2.45, 2.75) is 18.9 Å². The molecule has 1 atom stereocenters. The van der Waals surface area contributed by atoms with Gasteiger partial charge in [0, 0.05) is 49.0 Å². The average molecular weight is 443 g/mol. The van der Waals surface area contributed by atoms with Gasteiger partial charge in [0.1, 0.15) is 12.1 Å². The summed E-state index contributed by atoms with van der Waals surface area (Å²) in [7, 11) is 2.18. The molecule has 0 bridgehead atoms. The summed E-state index contributed by atoms with van der Waals surface area (Å²) in [6.45, 7) is 5.09. The van der Waals surface area contributed by atoms with E-state index >= 15 is 0 Å². The van der Waals surface area contributed by atoms with Gasteiger partial charge in [0.25, 0.3) is 0 Å². The Morgan fingerprint density at radius 1 is 0.939 bits per heavy atom. The van der Waals surface area contributed by atoms with Crippen molar-refractivity contribution < 1.29 is 4.84 Å². The van der Waals surface area contributed by atoms with Crippen LogP contribution in [0.1, 0.15) is 24.4 Å². The van der Waals surface area contributed by atoms with Crippen molar-refractivity contribution in [2.75, 3.05) is 55.1 Å². The number of piperazine rings is 1. The number of hydroxylamine groups is 1. The van der Waals surface area contributed by atoms with Crippen LogP contribution in [0.3, 0.4) is 0 Å². The molecule has 3 fully saturated rings. The molecule has 1 aliphatic carbocycles. The van der Waals surface area contributed by atoms with E-state index in [1.165, 1.54) is 24.1 Å². The zero-order valence-corrected chi connectivity index (χ0v) is 19.0. The van der Waals surface area contributed by atoms with Crippen LogP contribution in [-0.2, 0) is 4.84 Å². The first kappa shape index (κ1) is 20.4. The molecule has 2 saturated heterocycles. The lowest BCUT2D eigenvalue weighted by Crippen LogP contribution is -2.44. The molecule has 7 heteroatoms. The molecule has 2 aromatic carbocycles. The summed E-state index contributed by atoms with van der Waals surface area (Å²) in [6.07, 6.45) is 4.00. The molecule has 1 N–H and O–H groups in total. The maximum Gasteiger partial charge on any atom is 0.158 e. The van der Waals surface area contributed by atoms with Crippen LogP contribution in [0.4, 0.5) is 23.0 Å². The zero-order valence-electron chi connectivity index (χ0n) is 19.0. The van der Waals surface area contributed by atoms with Crippen LogP contribution in [0, 0.1) is 5.41 Å². The molecule has 3 heterocycles. The van der Waals surface area contributed by atoms with E-state index < -0.39 is 0 Å². The van der Waals surface area contributed by atoms with Crippen molar-refractivity contribution in [1.82, 2.24) is 14.9 Å². The Hall–Kier alpha value is -3.16. The molecule has 3 aromatic rings. The van der Waals surface area contributed by atoms with Gasteiger partial charge in [-0.25, -0.2) is 15.0 Å². The lowest BCUT2D eigenvalue weighted by molar-refractivity contribution is 0.149. The van der Waals surface area contributed by atoms with Gasteiger partial charge in [-0.3, -0.25) is 4.84 Å². The number of anilines is 4. The maximum absolute atomic E-state index is 6.19. The number of aromatic nitrogens is 2. The van der Waals surface area contributed by atoms with Gasteiger partial charge < -0.3 is 15.1 Å². The average Bonchev–Trinajstić information content (AvgIpc) is 3.53. The van der Waals surface area contributed by atoms with E-state index in [-0.39, 0.29) is 11.5 Å². The van der Waals surface area contributed by atoms with Crippen LogP contribution in [0.2, 0.25) is 0 Å². The van der Waals surface area contributed by atoms with E-state index in [1.807, 2.05) is 11.1 Å². The fourth-order valence-electron chi connectivity index (χ4n) is 5.01. The summed E-state index contributed by atoms with van der Waals surface area (Å²) >= 11 is 0. The molecule has 3 aliphatic rings. The zero-order chi connectivity index (χ0) is 22.3. The second kappa shape index (κ2) is 8.32. The van der Waals surface area contributed by atoms with Crippen LogP contribution in [-0.4, -0.2) is 54.7 Å². The fourth-order valence-corrected chi connectivity index (χ4v) is 5.01. The molecule has 1 unspecified atom stereocenters. The number of nitrogens with one attached hydrogen (secondary N) is 1. The van der Waals surface area contributed by atoms with Gasteiger partial charge in [-0.15, -0.1) is 0 Å². The first-order valence-electron chi connectivity index (χ1n) is 11.8. The standard InChI is InChI=1S/C26H30N6O/c1-30-13-15-31(16-14-30)22-9-7-21(8-10-22)29-23-17-24(28-19-27-23)32-25(20-5-3-2-4-6-20)26(11-12-26)18-33-32/h2-10,17,19,25H,11-16,18H2,1H3,(H,27,28,29). The van der Waals surface area contributed by atoms with Gasteiger partial charge >= 0.3 is 0 Å². The highest BCUT2D eigenvalue weighted by Crippen LogP contribution is 2.61. The van der Waals surface area contributed by atoms with E-state index in [4.69, 9.17) is 4.84 Å². The molecule has 0 radical (unpaired) electrons. The summed E-state index contributed by atoms with van der Waals surface area (Å²) in [5.41, 5.74) is 3.76. The number of benzene rings is 2. The van der Waals surface area contributed by atoms with Crippen LogP contribution in [0.15, 0.2) is 67.0 Å². The quantitative estimate of drug-likeness (QED) is 0.634. The summed E-state index contributed by atoms with van der Waals surface area (Å²) in [6, 6.07) is 21.4. The first-order valence-corrected chi connectivity index (χ1v) is 11.8. The maximum atomic E-state index is 6.19. The fraction of sp³-hybridized carbons (Fsp3) is 0.385. The third-order valence-electron chi connectivity index (χ3n) is 7.20. The minimum absolute atomic E-state index is 0.185. The summed E-state index contributed by atoms with van der Waals surface area (Å²) in [5, 5.41) is 5.43. The monoisotopic (exact) mass is 442 g/mol. The summed E-state index contributed by atoms with van der Waals surface area (Å²) < 4.78 is 0. The van der Waals surface area contributed by atoms with Crippen molar-refractivity contribution in [1.29, 1.82) is 0 Å². The summed E-state index contributed by atoms with van der Waals surface area (Å²) in [4.78, 5) is 20.0. The molecule has 6 rings (SSSR count). The minimum atomic E-state index is 0.185. The van der Waals surface area contributed by atoms with Crippen LogP contribution in [0.25, 0.3) is 0 Å². The molecule has 1 saturated carbocycles. The largest absolute Gasteiger partial charge is 0.369 e. The highest BCUT2D eigenvalue weighted by molar-refractivity contribution is 5.63. The van der Waals surface area contributed by atoms with E-state index in [0.717, 1.165) is 50.1 Å². The predicted octanol–water partition coefficient (Wildman–Crippen LogP) is 4.25. The van der Waals surface area contributed by atoms with Crippen molar-refractivity contribution in [2.24, 2.45) is 5.41 Å². The van der Waals surface area contributed by atoms with Crippen LogP contribution in [0.5, 0.6) is 0 Å². The SMILES string of the molecule is CN1CCN(c2ccc(Nc3cc(N4OCC5(CC5)C4c4ccccc4)ncn3)cc2)CC1. The smallest absolute Gasteiger partial charge is 0.158 e. The number of hydrogen-bond donors (Lipinski definition) is 1. The number of likely N-dealkylation sites (N-methyl/N-ethyl adjacent to an activating group) is 1. The number of nitrogens with zero attached hydrogens (tertiary/aromatic N) is 5. The van der Waals surface area contributed by atoms with Crippen LogP contribution >= 0.6 is 0 Å². The molecule has 2 aliphatic heterocycles. The normalized spacial score (nSPS) is 22.0. The van der Waals surface area contributed by atoms with Crippen molar-refractivity contribution in [3.63, 3.8) is 0 Å². The Labute approximate surface area is 195 Å². The van der Waals surface area contributed by atoms with E-state index in [2.05, 4.69) is 86.7 Å². The molecular weight excluding hydrogens is 412 g/mol. The van der Waals surface area contributed by atoms with Gasteiger partial charge in [-0.1, -0.05) is 30.3 Å². The van der Waals surface area contributed by atoms with Crippen LogP contribution < -0.4 is 15.3 Å². The second-order valence-corrected chi connectivity index (χ2v) is 9.50. The molecule has 170 valence electrons.